The van der Waals surface area contributed by atoms with Gasteiger partial charge in [-0.1, -0.05) is 13.8 Å². The quantitative estimate of drug-likeness (QED) is 0.611. The van der Waals surface area contributed by atoms with Gasteiger partial charge >= 0.3 is 5.97 Å². The van der Waals surface area contributed by atoms with Crippen LogP contribution in [-0.4, -0.2) is 60.5 Å². The molecule has 0 spiro atoms. The Morgan fingerprint density at radius 1 is 1.10 bits per heavy atom. The molecule has 2 aromatic rings. The fraction of sp³-hybridized carbons (Fsp3) is 0.478. The van der Waals surface area contributed by atoms with Crippen LogP contribution in [0.15, 0.2) is 36.4 Å². The number of hydrogen-bond donors (Lipinski definition) is 0. The summed E-state index contributed by atoms with van der Waals surface area (Å²) in [4.78, 5) is 26.8. The van der Waals surface area contributed by atoms with Crippen molar-refractivity contribution in [2.75, 3.05) is 24.7 Å². The van der Waals surface area contributed by atoms with E-state index in [-0.39, 0.29) is 29.4 Å². The monoisotopic (exact) mass is 446 g/mol. The summed E-state index contributed by atoms with van der Waals surface area (Å²) in [6.07, 6.45) is 0.425. The molecule has 0 aliphatic carbocycles. The van der Waals surface area contributed by atoms with Crippen molar-refractivity contribution in [1.82, 2.24) is 9.47 Å². The maximum atomic E-state index is 12.7. The number of aromatic nitrogens is 1. The van der Waals surface area contributed by atoms with Gasteiger partial charge in [0.1, 0.15) is 0 Å². The van der Waals surface area contributed by atoms with Gasteiger partial charge in [-0.3, -0.25) is 4.79 Å². The van der Waals surface area contributed by atoms with Crippen molar-refractivity contribution in [1.29, 1.82) is 0 Å². The van der Waals surface area contributed by atoms with E-state index in [1.807, 2.05) is 52.0 Å². The summed E-state index contributed by atoms with van der Waals surface area (Å²) in [5.41, 5.74) is 3.49. The smallest absolute Gasteiger partial charge is 0.338 e. The molecular formula is C23H30N2O5S. The third-order valence-electron chi connectivity index (χ3n) is 5.49. The molecular weight excluding hydrogens is 416 g/mol. The zero-order chi connectivity index (χ0) is 22.8. The van der Waals surface area contributed by atoms with Gasteiger partial charge in [0.15, 0.2) is 16.4 Å². The molecule has 1 aromatic heterocycles. The van der Waals surface area contributed by atoms with E-state index in [9.17, 15) is 18.0 Å². The molecule has 0 radical (unpaired) electrons. The van der Waals surface area contributed by atoms with Crippen molar-refractivity contribution < 1.29 is 22.7 Å². The molecule has 0 saturated carbocycles. The Bertz CT molecular complexity index is 1030. The number of carbonyl (C=O) groups excluding carboxylic acids is 2. The van der Waals surface area contributed by atoms with Gasteiger partial charge in [0.25, 0.3) is 5.91 Å². The van der Waals surface area contributed by atoms with Crippen LogP contribution in [0.4, 0.5) is 0 Å². The van der Waals surface area contributed by atoms with Crippen LogP contribution in [0.3, 0.4) is 0 Å². The van der Waals surface area contributed by atoms with Gasteiger partial charge in [0.2, 0.25) is 0 Å². The highest BCUT2D eigenvalue weighted by Gasteiger charge is 2.35. The summed E-state index contributed by atoms with van der Waals surface area (Å²) in [5.74, 6) is -0.703. The largest absolute Gasteiger partial charge is 0.452 e. The van der Waals surface area contributed by atoms with E-state index in [2.05, 4.69) is 4.57 Å². The minimum Gasteiger partial charge on any atom is -0.452 e. The van der Waals surface area contributed by atoms with Crippen LogP contribution in [0.1, 0.15) is 42.0 Å². The van der Waals surface area contributed by atoms with Crippen molar-refractivity contribution in [3.05, 3.63) is 53.3 Å². The Morgan fingerprint density at radius 2 is 1.71 bits per heavy atom. The topological polar surface area (TPSA) is 85.7 Å². The summed E-state index contributed by atoms with van der Waals surface area (Å²) in [7, 11) is -3.12. The second-order valence-electron chi connectivity index (χ2n) is 8.57. The lowest BCUT2D eigenvalue weighted by Crippen LogP contribution is -2.45. The van der Waals surface area contributed by atoms with Gasteiger partial charge in [-0.15, -0.1) is 0 Å². The van der Waals surface area contributed by atoms with E-state index in [4.69, 9.17) is 4.74 Å². The number of aryl methyl sites for hydroxylation is 2. The number of esters is 1. The van der Waals surface area contributed by atoms with Gasteiger partial charge < -0.3 is 14.2 Å². The van der Waals surface area contributed by atoms with Gasteiger partial charge in [-0.25, -0.2) is 13.2 Å². The molecule has 31 heavy (non-hydrogen) atoms. The van der Waals surface area contributed by atoms with Gasteiger partial charge in [0, 0.05) is 29.7 Å². The maximum Gasteiger partial charge on any atom is 0.338 e. The molecule has 0 N–H and O–H groups in total. The molecule has 1 saturated heterocycles. The molecule has 1 aliphatic rings. The highest BCUT2D eigenvalue weighted by Crippen LogP contribution is 2.20. The van der Waals surface area contributed by atoms with Crippen LogP contribution in [0.25, 0.3) is 5.69 Å². The SMILES string of the molecule is Cc1ccc(C)n1-c1ccc(C(=O)OCC(=O)N(CC(C)C)C2CCS(=O)(=O)C2)cc1. The molecule has 1 aromatic carbocycles. The fourth-order valence-corrected chi connectivity index (χ4v) is 5.72. The van der Waals surface area contributed by atoms with Crippen molar-refractivity contribution in [3.8, 4) is 5.69 Å². The Balaban J connectivity index is 1.64. The molecule has 7 nitrogen and oxygen atoms in total. The summed E-state index contributed by atoms with van der Waals surface area (Å²) in [5, 5.41) is 0. The predicted octanol–water partition coefficient (Wildman–Crippen LogP) is 2.92. The number of rotatable bonds is 7. The van der Waals surface area contributed by atoms with Crippen molar-refractivity contribution >= 4 is 21.7 Å². The first-order valence-electron chi connectivity index (χ1n) is 10.5. The first-order chi connectivity index (χ1) is 14.6. The lowest BCUT2D eigenvalue weighted by Gasteiger charge is -2.29. The third kappa shape index (κ3) is 5.55. The standard InChI is InChI=1S/C23H30N2O5S/c1-16(2)13-24(21-11-12-31(28,29)15-21)22(26)14-30-23(27)19-7-9-20(10-8-19)25-17(3)5-6-18(25)4/h5-10,16,21H,11-15H2,1-4H3. The average Bonchev–Trinajstić information content (AvgIpc) is 3.24. The van der Waals surface area contributed by atoms with Crippen molar-refractivity contribution in [3.63, 3.8) is 0 Å². The summed E-state index contributed by atoms with van der Waals surface area (Å²) >= 11 is 0. The first-order valence-corrected chi connectivity index (χ1v) is 12.3. The molecule has 1 fully saturated rings. The van der Waals surface area contributed by atoms with E-state index in [1.165, 1.54) is 0 Å². The minimum atomic E-state index is -3.12. The molecule has 3 rings (SSSR count). The number of ether oxygens (including phenoxy) is 1. The van der Waals surface area contributed by atoms with Crippen LogP contribution < -0.4 is 0 Å². The normalized spacial score (nSPS) is 17.6. The van der Waals surface area contributed by atoms with Gasteiger partial charge in [-0.2, -0.15) is 0 Å². The van der Waals surface area contributed by atoms with Crippen LogP contribution in [0.2, 0.25) is 0 Å². The lowest BCUT2D eigenvalue weighted by molar-refractivity contribution is -0.137. The van der Waals surface area contributed by atoms with E-state index in [0.717, 1.165) is 17.1 Å². The molecule has 1 aliphatic heterocycles. The Hall–Kier alpha value is -2.61. The molecule has 8 heteroatoms. The summed E-state index contributed by atoms with van der Waals surface area (Å²) < 4.78 is 31.0. The zero-order valence-corrected chi connectivity index (χ0v) is 19.3. The summed E-state index contributed by atoms with van der Waals surface area (Å²) in [6.45, 7) is 7.98. The second kappa shape index (κ2) is 9.26. The fourth-order valence-electron chi connectivity index (χ4n) is 3.98. The lowest BCUT2D eigenvalue weighted by atomic mass is 10.1. The highest BCUT2D eigenvalue weighted by molar-refractivity contribution is 7.91. The Kier molecular flexibility index (Phi) is 6.89. The van der Waals surface area contributed by atoms with Crippen molar-refractivity contribution in [2.24, 2.45) is 5.92 Å². The number of hydrogen-bond acceptors (Lipinski definition) is 5. The van der Waals surface area contributed by atoms with E-state index in [1.54, 1.807) is 17.0 Å². The third-order valence-corrected chi connectivity index (χ3v) is 7.24. The van der Waals surface area contributed by atoms with Crippen LogP contribution >= 0.6 is 0 Å². The number of carbonyl (C=O) groups is 2. The predicted molar refractivity (Wildman–Crippen MR) is 119 cm³/mol. The van der Waals surface area contributed by atoms with Gasteiger partial charge in [0.05, 0.1) is 17.1 Å². The van der Waals surface area contributed by atoms with Crippen LogP contribution in [0.5, 0.6) is 0 Å². The highest BCUT2D eigenvalue weighted by atomic mass is 32.2. The van der Waals surface area contributed by atoms with Crippen molar-refractivity contribution in [2.45, 2.75) is 40.2 Å². The minimum absolute atomic E-state index is 0.0287. The number of amides is 1. The average molecular weight is 447 g/mol. The molecule has 0 bridgehead atoms. The molecule has 1 unspecified atom stereocenters. The van der Waals surface area contributed by atoms with Crippen LogP contribution in [0, 0.1) is 19.8 Å². The van der Waals surface area contributed by atoms with E-state index in [0.29, 0.717) is 18.5 Å². The first kappa shape index (κ1) is 23.1. The molecule has 2 heterocycles. The maximum absolute atomic E-state index is 12.7. The number of sulfone groups is 1. The van der Waals surface area contributed by atoms with Crippen LogP contribution in [-0.2, 0) is 19.4 Å². The molecule has 1 amide bonds. The second-order valence-corrected chi connectivity index (χ2v) is 10.8. The van der Waals surface area contributed by atoms with E-state index >= 15 is 0 Å². The number of benzene rings is 1. The van der Waals surface area contributed by atoms with Gasteiger partial charge in [-0.05, 0) is 62.6 Å². The Morgan fingerprint density at radius 3 is 2.23 bits per heavy atom. The summed E-state index contributed by atoms with van der Waals surface area (Å²) in [6, 6.07) is 10.7. The van der Waals surface area contributed by atoms with E-state index < -0.39 is 22.4 Å². The number of nitrogens with zero attached hydrogens (tertiary/aromatic N) is 2. The molecule has 1 atom stereocenters. The molecule has 168 valence electrons. The Labute approximate surface area is 183 Å². The zero-order valence-electron chi connectivity index (χ0n) is 18.5.